The maximum Gasteiger partial charge on any atom is 0.310 e. The number of esters is 1. The predicted molar refractivity (Wildman–Crippen MR) is 81.6 cm³/mol. The second-order valence-electron chi connectivity index (χ2n) is 5.94. The number of hydrogen-bond donors (Lipinski definition) is 0. The van der Waals surface area contributed by atoms with Crippen LogP contribution in [0.2, 0.25) is 5.02 Å². The smallest absolute Gasteiger partial charge is 0.310 e. The summed E-state index contributed by atoms with van der Waals surface area (Å²) in [4.78, 5) is 12.0. The Hall–Kier alpha value is -0.980. The van der Waals surface area contributed by atoms with Gasteiger partial charge in [0.15, 0.2) is 23.3 Å². The minimum absolute atomic E-state index is 0.0256. The van der Waals surface area contributed by atoms with E-state index in [1.807, 2.05) is 0 Å². The van der Waals surface area contributed by atoms with Crippen LogP contribution in [0.1, 0.15) is 19.4 Å². The van der Waals surface area contributed by atoms with Gasteiger partial charge < -0.3 is 4.74 Å². The van der Waals surface area contributed by atoms with Gasteiger partial charge in [-0.2, -0.15) is 0 Å². The van der Waals surface area contributed by atoms with Gasteiger partial charge in [-0.3, -0.25) is 4.79 Å². The van der Waals surface area contributed by atoms with Gasteiger partial charge in [-0.1, -0.05) is 48.7 Å². The highest BCUT2D eigenvalue weighted by molar-refractivity contribution is 6.55. The Kier molecular flexibility index (Phi) is 5.43. The normalized spacial score (nSPS) is 21.4. The van der Waals surface area contributed by atoms with E-state index >= 15 is 0 Å². The number of ether oxygens (including phenoxy) is 1. The zero-order valence-electron chi connectivity index (χ0n) is 12.4. The van der Waals surface area contributed by atoms with Crippen molar-refractivity contribution in [3.8, 4) is 0 Å². The third kappa shape index (κ3) is 3.37. The number of benzene rings is 1. The van der Waals surface area contributed by atoms with Crippen molar-refractivity contribution in [3.05, 3.63) is 44.4 Å². The Morgan fingerprint density at radius 1 is 1.12 bits per heavy atom. The molecule has 1 saturated carbocycles. The van der Waals surface area contributed by atoms with E-state index in [4.69, 9.17) is 39.5 Å². The first-order valence-corrected chi connectivity index (χ1v) is 7.83. The van der Waals surface area contributed by atoms with Gasteiger partial charge in [-0.15, -0.1) is 0 Å². The molecule has 0 saturated heterocycles. The van der Waals surface area contributed by atoms with Crippen LogP contribution in [0.3, 0.4) is 0 Å². The van der Waals surface area contributed by atoms with E-state index in [9.17, 15) is 22.4 Å². The first-order chi connectivity index (χ1) is 11.0. The van der Waals surface area contributed by atoms with E-state index in [1.165, 1.54) is 6.08 Å². The molecule has 2 rings (SSSR count). The summed E-state index contributed by atoms with van der Waals surface area (Å²) in [5.41, 5.74) is -1.57. The van der Waals surface area contributed by atoms with E-state index in [0.717, 1.165) is 0 Å². The van der Waals surface area contributed by atoms with Crippen molar-refractivity contribution in [1.82, 2.24) is 0 Å². The maximum absolute atomic E-state index is 13.7. The minimum atomic E-state index is -1.75. The molecule has 2 nitrogen and oxygen atoms in total. The largest absolute Gasteiger partial charge is 0.460 e. The number of halogens is 7. The third-order valence-corrected chi connectivity index (χ3v) is 4.71. The Balaban J connectivity index is 2.16. The van der Waals surface area contributed by atoms with Gasteiger partial charge >= 0.3 is 5.97 Å². The van der Waals surface area contributed by atoms with Gasteiger partial charge in [0, 0.05) is 0 Å². The molecule has 24 heavy (non-hydrogen) atoms. The molecule has 0 N–H and O–H groups in total. The number of allylic oxidation sites excluding steroid dienone is 1. The predicted octanol–water partition coefficient (Wildman–Crippen LogP) is 5.53. The lowest BCUT2D eigenvalue weighted by molar-refractivity contribution is -0.147. The lowest BCUT2D eigenvalue weighted by Crippen LogP contribution is -2.13. The fourth-order valence-corrected chi connectivity index (χ4v) is 3.02. The van der Waals surface area contributed by atoms with E-state index in [0.29, 0.717) is 0 Å². The maximum atomic E-state index is 13.7. The van der Waals surface area contributed by atoms with Crippen LogP contribution in [0.5, 0.6) is 0 Å². The second kappa shape index (κ2) is 6.73. The van der Waals surface area contributed by atoms with Crippen molar-refractivity contribution in [3.63, 3.8) is 0 Å². The first kappa shape index (κ1) is 19.3. The lowest BCUT2D eigenvalue weighted by Gasteiger charge is -2.10. The molecule has 132 valence electrons. The lowest BCUT2D eigenvalue weighted by atomic mass is 10.1. The van der Waals surface area contributed by atoms with Gasteiger partial charge in [-0.25, -0.2) is 17.6 Å². The SMILES string of the molecule is CC1(C)[C@@H](C=C(Cl)Cl)[C@@H]1C(=O)OCc1c(F)c(F)c(Cl)c(F)c1F. The van der Waals surface area contributed by atoms with Gasteiger partial charge in [0.05, 0.1) is 11.5 Å². The summed E-state index contributed by atoms with van der Waals surface area (Å²) in [5.74, 6) is -8.65. The Labute approximate surface area is 150 Å². The summed E-state index contributed by atoms with van der Waals surface area (Å²) >= 11 is 16.2. The number of rotatable bonds is 4. The highest BCUT2D eigenvalue weighted by atomic mass is 35.5. The molecule has 1 aromatic rings. The zero-order chi connectivity index (χ0) is 18.4. The van der Waals surface area contributed by atoms with E-state index in [2.05, 4.69) is 0 Å². The van der Waals surface area contributed by atoms with Crippen LogP contribution in [0.15, 0.2) is 10.6 Å². The standard InChI is InChI=1S/C15H11Cl3F4O2/c1-15(2)6(3-7(16)17)8(15)14(23)24-4-5-10(19)12(21)9(18)13(22)11(5)20/h3,6,8H,4H2,1-2H3/t6-,8+/m0/s1. The van der Waals surface area contributed by atoms with Gasteiger partial charge in [-0.05, 0) is 17.4 Å². The summed E-state index contributed by atoms with van der Waals surface area (Å²) in [6.45, 7) is 2.53. The minimum Gasteiger partial charge on any atom is -0.460 e. The average Bonchev–Trinajstić information content (AvgIpc) is 3.02. The van der Waals surface area contributed by atoms with Crippen molar-refractivity contribution in [2.45, 2.75) is 20.5 Å². The second-order valence-corrected chi connectivity index (χ2v) is 7.32. The molecule has 0 aromatic heterocycles. The summed E-state index contributed by atoms with van der Waals surface area (Å²) in [6, 6.07) is 0. The fourth-order valence-electron chi connectivity index (χ4n) is 2.58. The van der Waals surface area contributed by atoms with Crippen molar-refractivity contribution in [2.24, 2.45) is 17.3 Å². The summed E-state index contributed by atoms with van der Waals surface area (Å²) < 4.78 is 58.8. The van der Waals surface area contributed by atoms with Gasteiger partial charge in [0.1, 0.15) is 16.1 Å². The molecule has 0 aliphatic heterocycles. The first-order valence-electron chi connectivity index (χ1n) is 6.69. The summed E-state index contributed by atoms with van der Waals surface area (Å²) in [7, 11) is 0. The summed E-state index contributed by atoms with van der Waals surface area (Å²) in [6.07, 6.45) is 1.46. The van der Waals surface area contributed by atoms with Crippen LogP contribution in [-0.4, -0.2) is 5.97 Å². The Bertz CT molecular complexity index is 701. The molecule has 0 bridgehead atoms. The Morgan fingerprint density at radius 3 is 2.08 bits per heavy atom. The molecule has 0 amide bonds. The van der Waals surface area contributed by atoms with E-state index in [1.54, 1.807) is 13.8 Å². The van der Waals surface area contributed by atoms with E-state index in [-0.39, 0.29) is 10.4 Å². The van der Waals surface area contributed by atoms with Crippen LogP contribution in [0.25, 0.3) is 0 Å². The number of carbonyl (C=O) groups is 1. The highest BCUT2D eigenvalue weighted by Gasteiger charge is 2.61. The molecule has 0 heterocycles. The topological polar surface area (TPSA) is 26.3 Å². The average molecular weight is 406 g/mol. The van der Waals surface area contributed by atoms with Crippen LogP contribution >= 0.6 is 34.8 Å². The highest BCUT2D eigenvalue weighted by Crippen LogP contribution is 2.60. The summed E-state index contributed by atoms with van der Waals surface area (Å²) in [5, 5.41) is -1.30. The molecule has 0 spiro atoms. The quantitative estimate of drug-likeness (QED) is 0.285. The Morgan fingerprint density at radius 2 is 1.62 bits per heavy atom. The molecule has 1 fully saturated rings. The molecule has 0 radical (unpaired) electrons. The van der Waals surface area contributed by atoms with Gasteiger partial charge in [0.25, 0.3) is 0 Å². The molecule has 2 atom stereocenters. The van der Waals surface area contributed by atoms with Crippen LogP contribution in [0, 0.1) is 40.5 Å². The van der Waals surface area contributed by atoms with Gasteiger partial charge in [0.2, 0.25) is 0 Å². The van der Waals surface area contributed by atoms with Crippen LogP contribution in [-0.2, 0) is 16.1 Å². The molecule has 0 unspecified atom stereocenters. The van der Waals surface area contributed by atoms with Crippen LogP contribution < -0.4 is 0 Å². The monoisotopic (exact) mass is 404 g/mol. The third-order valence-electron chi connectivity index (χ3n) is 4.13. The molecular weight excluding hydrogens is 395 g/mol. The molecule has 1 aromatic carbocycles. The van der Waals surface area contributed by atoms with Crippen molar-refractivity contribution in [1.29, 1.82) is 0 Å². The van der Waals surface area contributed by atoms with E-state index < -0.39 is 57.8 Å². The van der Waals surface area contributed by atoms with Crippen LogP contribution in [0.4, 0.5) is 17.6 Å². The molecule has 1 aliphatic carbocycles. The van der Waals surface area contributed by atoms with Crippen molar-refractivity contribution >= 4 is 40.8 Å². The fraction of sp³-hybridized carbons (Fsp3) is 0.400. The number of hydrogen-bond acceptors (Lipinski definition) is 2. The molecule has 1 aliphatic rings. The molecular formula is C15H11Cl3F4O2. The number of carbonyl (C=O) groups excluding carboxylic acids is 1. The van der Waals surface area contributed by atoms with Crippen molar-refractivity contribution < 1.29 is 27.1 Å². The molecule has 9 heteroatoms. The van der Waals surface area contributed by atoms with Crippen molar-refractivity contribution in [2.75, 3.05) is 0 Å². The zero-order valence-corrected chi connectivity index (χ0v) is 14.7.